The molecule has 0 aliphatic heterocycles. The van der Waals surface area contributed by atoms with Gasteiger partial charge in [-0.15, -0.1) is 0 Å². The second-order valence-corrected chi connectivity index (χ2v) is 5.36. The van der Waals surface area contributed by atoms with Crippen LogP contribution in [-0.4, -0.2) is 24.7 Å². The summed E-state index contributed by atoms with van der Waals surface area (Å²) in [5.41, 5.74) is 2.85. The van der Waals surface area contributed by atoms with Crippen molar-refractivity contribution in [1.82, 2.24) is 24.7 Å². The van der Waals surface area contributed by atoms with Crippen LogP contribution in [0.5, 0.6) is 0 Å². The largest absolute Gasteiger partial charge is 0.261 e. The first-order chi connectivity index (χ1) is 11.9. The van der Waals surface area contributed by atoms with Gasteiger partial charge >= 0.3 is 0 Å². The number of nitrogens with zero attached hydrogens (tertiary/aromatic N) is 5. The van der Waals surface area contributed by atoms with E-state index >= 15 is 0 Å². The van der Waals surface area contributed by atoms with E-state index in [1.807, 2.05) is 53.2 Å². The third-order valence-electron chi connectivity index (χ3n) is 3.67. The standard InChI is InChI=1S/C19H15N5/c1-3-7-15(8-4-1)14-24-19(17-13-20-11-12-21-17)22-18(23-24)16-9-5-2-6-10-16/h1-13H,14H2. The fourth-order valence-electron chi connectivity index (χ4n) is 2.52. The Labute approximate surface area is 139 Å². The first-order valence-corrected chi connectivity index (χ1v) is 7.71. The van der Waals surface area contributed by atoms with Gasteiger partial charge in [0.2, 0.25) is 0 Å². The van der Waals surface area contributed by atoms with Gasteiger partial charge in [-0.25, -0.2) is 14.6 Å². The summed E-state index contributed by atoms with van der Waals surface area (Å²) < 4.78 is 1.88. The lowest BCUT2D eigenvalue weighted by molar-refractivity contribution is 0.693. The van der Waals surface area contributed by atoms with Crippen LogP contribution in [0, 0.1) is 0 Å². The zero-order chi connectivity index (χ0) is 16.2. The van der Waals surface area contributed by atoms with Crippen LogP contribution in [0.1, 0.15) is 5.56 Å². The summed E-state index contributed by atoms with van der Waals surface area (Å²) in [7, 11) is 0. The Morgan fingerprint density at radius 2 is 1.58 bits per heavy atom. The molecule has 0 N–H and O–H groups in total. The minimum atomic E-state index is 0.632. The van der Waals surface area contributed by atoms with Gasteiger partial charge in [0.15, 0.2) is 11.6 Å². The minimum absolute atomic E-state index is 0.632. The Kier molecular flexibility index (Phi) is 3.81. The summed E-state index contributed by atoms with van der Waals surface area (Å²) in [5, 5.41) is 4.69. The number of hydrogen-bond donors (Lipinski definition) is 0. The van der Waals surface area contributed by atoms with Crippen LogP contribution >= 0.6 is 0 Å². The lowest BCUT2D eigenvalue weighted by Gasteiger charge is -2.05. The van der Waals surface area contributed by atoms with Crippen molar-refractivity contribution in [3.63, 3.8) is 0 Å². The zero-order valence-corrected chi connectivity index (χ0v) is 12.9. The maximum Gasteiger partial charge on any atom is 0.181 e. The zero-order valence-electron chi connectivity index (χ0n) is 12.9. The Hall–Kier alpha value is -3.34. The second kappa shape index (κ2) is 6.42. The van der Waals surface area contributed by atoms with E-state index in [0.717, 1.165) is 11.1 Å². The van der Waals surface area contributed by atoms with Gasteiger partial charge in [-0.3, -0.25) is 4.98 Å². The highest BCUT2D eigenvalue weighted by atomic mass is 15.4. The van der Waals surface area contributed by atoms with Gasteiger partial charge in [0.1, 0.15) is 5.69 Å². The summed E-state index contributed by atoms with van der Waals surface area (Å²) in [4.78, 5) is 13.2. The van der Waals surface area contributed by atoms with Gasteiger partial charge in [0.05, 0.1) is 12.7 Å². The number of aromatic nitrogens is 5. The molecule has 0 spiro atoms. The van der Waals surface area contributed by atoms with Crippen LogP contribution in [0.4, 0.5) is 0 Å². The predicted molar refractivity (Wildman–Crippen MR) is 92.0 cm³/mol. The summed E-state index contributed by atoms with van der Waals surface area (Å²) in [6.07, 6.45) is 5.03. The average molecular weight is 313 g/mol. The van der Waals surface area contributed by atoms with E-state index in [4.69, 9.17) is 4.98 Å². The molecule has 0 aliphatic carbocycles. The molecule has 0 saturated heterocycles. The maximum absolute atomic E-state index is 4.70. The van der Waals surface area contributed by atoms with Crippen molar-refractivity contribution >= 4 is 0 Å². The van der Waals surface area contributed by atoms with Crippen molar-refractivity contribution in [2.75, 3.05) is 0 Å². The molecule has 0 amide bonds. The Morgan fingerprint density at radius 3 is 2.29 bits per heavy atom. The topological polar surface area (TPSA) is 56.5 Å². The molecule has 5 heteroatoms. The quantitative estimate of drug-likeness (QED) is 0.579. The van der Waals surface area contributed by atoms with Crippen molar-refractivity contribution in [3.05, 3.63) is 84.8 Å². The van der Waals surface area contributed by atoms with Crippen molar-refractivity contribution in [2.45, 2.75) is 6.54 Å². The van der Waals surface area contributed by atoms with Gasteiger partial charge in [0, 0.05) is 18.0 Å². The van der Waals surface area contributed by atoms with Crippen molar-refractivity contribution < 1.29 is 0 Å². The highest BCUT2D eigenvalue weighted by Gasteiger charge is 2.14. The van der Waals surface area contributed by atoms with E-state index < -0.39 is 0 Å². The molecule has 0 atom stereocenters. The molecule has 0 radical (unpaired) electrons. The monoisotopic (exact) mass is 313 g/mol. The Bertz CT molecular complexity index is 918. The van der Waals surface area contributed by atoms with Crippen molar-refractivity contribution in [3.8, 4) is 22.9 Å². The molecule has 4 aromatic rings. The van der Waals surface area contributed by atoms with Crippen molar-refractivity contribution in [1.29, 1.82) is 0 Å². The van der Waals surface area contributed by atoms with Crippen LogP contribution in [-0.2, 0) is 6.54 Å². The molecule has 2 heterocycles. The molecule has 0 unspecified atom stereocenters. The summed E-state index contributed by atoms with van der Waals surface area (Å²) >= 11 is 0. The number of rotatable bonds is 4. The molecule has 0 bridgehead atoms. The first-order valence-electron chi connectivity index (χ1n) is 7.71. The van der Waals surface area contributed by atoms with Gasteiger partial charge in [-0.2, -0.15) is 5.10 Å². The van der Waals surface area contributed by atoms with E-state index in [1.54, 1.807) is 18.6 Å². The fourth-order valence-corrected chi connectivity index (χ4v) is 2.52. The second-order valence-electron chi connectivity index (χ2n) is 5.36. The third-order valence-corrected chi connectivity index (χ3v) is 3.67. The maximum atomic E-state index is 4.70. The highest BCUT2D eigenvalue weighted by Crippen LogP contribution is 2.21. The normalized spacial score (nSPS) is 10.7. The molecule has 2 aromatic heterocycles. The molecule has 0 aliphatic rings. The summed E-state index contributed by atoms with van der Waals surface area (Å²) in [5.74, 6) is 1.40. The highest BCUT2D eigenvalue weighted by molar-refractivity contribution is 5.59. The molecule has 0 fully saturated rings. The van der Waals surface area contributed by atoms with Crippen LogP contribution in [0.3, 0.4) is 0 Å². The molecule has 24 heavy (non-hydrogen) atoms. The van der Waals surface area contributed by atoms with Gasteiger partial charge in [0.25, 0.3) is 0 Å². The van der Waals surface area contributed by atoms with Crippen LogP contribution in [0.2, 0.25) is 0 Å². The lowest BCUT2D eigenvalue weighted by atomic mass is 10.2. The lowest BCUT2D eigenvalue weighted by Crippen LogP contribution is -2.05. The molecule has 2 aromatic carbocycles. The molecular weight excluding hydrogens is 298 g/mol. The van der Waals surface area contributed by atoms with E-state index in [2.05, 4.69) is 27.2 Å². The van der Waals surface area contributed by atoms with E-state index in [0.29, 0.717) is 23.9 Å². The van der Waals surface area contributed by atoms with E-state index in [9.17, 15) is 0 Å². The van der Waals surface area contributed by atoms with Crippen LogP contribution in [0.25, 0.3) is 22.9 Å². The molecule has 4 rings (SSSR count). The molecular formula is C19H15N5. The van der Waals surface area contributed by atoms with Gasteiger partial charge < -0.3 is 0 Å². The minimum Gasteiger partial charge on any atom is -0.261 e. The molecule has 0 saturated carbocycles. The summed E-state index contributed by atoms with van der Waals surface area (Å²) in [6.45, 7) is 0.632. The van der Waals surface area contributed by atoms with Gasteiger partial charge in [-0.05, 0) is 5.56 Å². The molecule has 116 valence electrons. The predicted octanol–water partition coefficient (Wildman–Crippen LogP) is 3.45. The first kappa shape index (κ1) is 14.3. The Morgan fingerprint density at radius 1 is 0.833 bits per heavy atom. The fraction of sp³-hybridized carbons (Fsp3) is 0.0526. The third kappa shape index (κ3) is 2.92. The van der Waals surface area contributed by atoms with E-state index in [1.165, 1.54) is 0 Å². The van der Waals surface area contributed by atoms with Crippen LogP contribution in [0.15, 0.2) is 79.3 Å². The SMILES string of the molecule is c1ccc(Cn2nc(-c3ccccc3)nc2-c2cnccn2)cc1. The average Bonchev–Trinajstić information content (AvgIpc) is 3.08. The van der Waals surface area contributed by atoms with Crippen LogP contribution < -0.4 is 0 Å². The smallest absolute Gasteiger partial charge is 0.181 e. The van der Waals surface area contributed by atoms with Crippen molar-refractivity contribution in [2.24, 2.45) is 0 Å². The Balaban J connectivity index is 1.80. The van der Waals surface area contributed by atoms with Gasteiger partial charge in [-0.1, -0.05) is 60.7 Å². The molecule has 5 nitrogen and oxygen atoms in total. The number of benzene rings is 2. The number of hydrogen-bond acceptors (Lipinski definition) is 4. The van der Waals surface area contributed by atoms with E-state index in [-0.39, 0.29) is 0 Å². The summed E-state index contributed by atoms with van der Waals surface area (Å²) in [6, 6.07) is 20.1.